The van der Waals surface area contributed by atoms with Gasteiger partial charge >= 0.3 is 0 Å². The number of anilines is 1. The van der Waals surface area contributed by atoms with Crippen molar-refractivity contribution >= 4 is 11.5 Å². The minimum atomic E-state index is -0.971. The number of ketones is 1. The molecular weight excluding hydrogens is 373 g/mol. The number of rotatable bonds is 4. The van der Waals surface area contributed by atoms with E-state index >= 15 is 0 Å². The van der Waals surface area contributed by atoms with E-state index in [0.717, 1.165) is 22.4 Å². The third-order valence-corrected chi connectivity index (χ3v) is 5.83. The van der Waals surface area contributed by atoms with E-state index in [0.29, 0.717) is 0 Å². The Morgan fingerprint density at radius 3 is 1.60 bits per heavy atom. The van der Waals surface area contributed by atoms with Gasteiger partial charge in [0.2, 0.25) is 0 Å². The highest BCUT2D eigenvalue weighted by Crippen LogP contribution is 2.55. The average molecular weight is 393 g/mol. The van der Waals surface area contributed by atoms with Gasteiger partial charge in [-0.05, 0) is 41.0 Å². The van der Waals surface area contributed by atoms with E-state index in [-0.39, 0.29) is 11.6 Å². The third-order valence-electron chi connectivity index (χ3n) is 5.83. The van der Waals surface area contributed by atoms with Crippen LogP contribution < -0.4 is 4.90 Å². The van der Waals surface area contributed by atoms with Gasteiger partial charge in [0.1, 0.15) is 11.9 Å². The van der Waals surface area contributed by atoms with Crippen LogP contribution in [-0.2, 0) is 10.3 Å². The van der Waals surface area contributed by atoms with Gasteiger partial charge in [-0.25, -0.2) is 4.39 Å². The van der Waals surface area contributed by atoms with Crippen molar-refractivity contribution < 1.29 is 9.18 Å². The highest BCUT2D eigenvalue weighted by Gasteiger charge is 2.62. The van der Waals surface area contributed by atoms with Crippen LogP contribution in [0.15, 0.2) is 115 Å². The molecule has 1 aliphatic heterocycles. The largest absolute Gasteiger partial charge is 0.337 e. The Bertz CT molecular complexity index is 1120. The summed E-state index contributed by atoms with van der Waals surface area (Å²) in [5.41, 5.74) is 2.56. The highest BCUT2D eigenvalue weighted by molar-refractivity contribution is 6.10. The van der Waals surface area contributed by atoms with Gasteiger partial charge in [0, 0.05) is 5.69 Å². The molecule has 3 heteroatoms. The van der Waals surface area contributed by atoms with Crippen LogP contribution in [0.1, 0.15) is 22.7 Å². The number of hydrogen-bond donors (Lipinski definition) is 0. The van der Waals surface area contributed by atoms with Crippen LogP contribution >= 0.6 is 0 Å². The van der Waals surface area contributed by atoms with Gasteiger partial charge in [0.25, 0.3) is 0 Å². The molecular formula is C27H20FNO. The van der Waals surface area contributed by atoms with Crippen LogP contribution in [0, 0.1) is 5.82 Å². The molecule has 5 rings (SSSR count). The zero-order chi connectivity index (χ0) is 20.6. The summed E-state index contributed by atoms with van der Waals surface area (Å²) in [6.45, 7) is 0. The molecule has 30 heavy (non-hydrogen) atoms. The Balaban J connectivity index is 1.78. The molecule has 1 atom stereocenters. The van der Waals surface area contributed by atoms with Crippen molar-refractivity contribution in [2.45, 2.75) is 11.6 Å². The summed E-state index contributed by atoms with van der Waals surface area (Å²) in [5, 5.41) is 0. The second-order valence-corrected chi connectivity index (χ2v) is 7.47. The number of Topliss-reactive ketones (excluding diaryl/α,β-unsaturated/α-hetero) is 1. The van der Waals surface area contributed by atoms with Gasteiger partial charge < -0.3 is 4.90 Å². The molecule has 1 fully saturated rings. The average Bonchev–Trinajstić information content (AvgIpc) is 2.81. The zero-order valence-electron chi connectivity index (χ0n) is 16.3. The molecule has 0 N–H and O–H groups in total. The minimum Gasteiger partial charge on any atom is -0.337 e. The Morgan fingerprint density at radius 1 is 0.633 bits per heavy atom. The van der Waals surface area contributed by atoms with E-state index in [4.69, 9.17) is 0 Å². The van der Waals surface area contributed by atoms with Crippen molar-refractivity contribution in [3.05, 3.63) is 138 Å². The monoisotopic (exact) mass is 393 g/mol. The fraction of sp³-hybridized carbons (Fsp3) is 0.0741. The fourth-order valence-corrected chi connectivity index (χ4v) is 4.53. The van der Waals surface area contributed by atoms with Crippen LogP contribution in [0.25, 0.3) is 0 Å². The first-order valence-electron chi connectivity index (χ1n) is 9.98. The number of carbonyl (C=O) groups is 1. The smallest absolute Gasteiger partial charge is 0.194 e. The second kappa shape index (κ2) is 7.27. The lowest BCUT2D eigenvalue weighted by molar-refractivity contribution is -0.131. The molecule has 0 saturated carbocycles. The van der Waals surface area contributed by atoms with Crippen LogP contribution in [0.4, 0.5) is 10.1 Å². The standard InChI is InChI=1S/C27H20FNO/c28-23-16-18-24(19-17-23)29-25(20-10-4-1-5-11-20)26(30)27(29,21-12-6-2-7-13-21)22-14-8-3-9-15-22/h1-19,25H. The molecule has 0 radical (unpaired) electrons. The molecule has 2 nitrogen and oxygen atoms in total. The SMILES string of the molecule is O=C1C(c2ccccc2)N(c2ccc(F)cc2)C1(c1ccccc1)c1ccccc1. The molecule has 1 saturated heterocycles. The summed E-state index contributed by atoms with van der Waals surface area (Å²) in [4.78, 5) is 16.1. The lowest BCUT2D eigenvalue weighted by Gasteiger charge is -2.58. The zero-order valence-corrected chi connectivity index (χ0v) is 16.3. The summed E-state index contributed by atoms with van der Waals surface area (Å²) >= 11 is 0. The minimum absolute atomic E-state index is 0.107. The Hall–Kier alpha value is -3.72. The molecule has 4 aromatic carbocycles. The second-order valence-electron chi connectivity index (χ2n) is 7.47. The summed E-state index contributed by atoms with van der Waals surface area (Å²) in [7, 11) is 0. The fourth-order valence-electron chi connectivity index (χ4n) is 4.53. The Labute approximate surface area is 175 Å². The molecule has 1 heterocycles. The molecule has 0 spiro atoms. The van der Waals surface area contributed by atoms with Crippen LogP contribution in [0.5, 0.6) is 0 Å². The molecule has 0 aliphatic carbocycles. The summed E-state index contributed by atoms with van der Waals surface area (Å²) in [6, 6.07) is 35.4. The third kappa shape index (κ3) is 2.66. The number of hydrogen-bond acceptors (Lipinski definition) is 2. The number of halogens is 1. The van der Waals surface area contributed by atoms with Gasteiger partial charge in [-0.15, -0.1) is 0 Å². The van der Waals surface area contributed by atoms with Gasteiger partial charge in [-0.3, -0.25) is 4.79 Å². The Morgan fingerprint density at radius 2 is 1.10 bits per heavy atom. The topological polar surface area (TPSA) is 20.3 Å². The van der Waals surface area contributed by atoms with Crippen molar-refractivity contribution in [2.24, 2.45) is 0 Å². The normalized spacial score (nSPS) is 17.4. The van der Waals surface area contributed by atoms with Gasteiger partial charge in [-0.1, -0.05) is 91.0 Å². The number of nitrogens with zero attached hydrogens (tertiary/aromatic N) is 1. The van der Waals surface area contributed by atoms with E-state index in [9.17, 15) is 9.18 Å². The van der Waals surface area contributed by atoms with Gasteiger partial charge in [0.05, 0.1) is 0 Å². The first kappa shape index (κ1) is 18.3. The van der Waals surface area contributed by atoms with Gasteiger partial charge in [0.15, 0.2) is 11.3 Å². The molecule has 0 aromatic heterocycles. The predicted molar refractivity (Wildman–Crippen MR) is 117 cm³/mol. The quantitative estimate of drug-likeness (QED) is 0.430. The van der Waals surface area contributed by atoms with Crippen LogP contribution in [0.3, 0.4) is 0 Å². The number of carbonyl (C=O) groups excluding carboxylic acids is 1. The lowest BCUT2D eigenvalue weighted by Crippen LogP contribution is -2.68. The van der Waals surface area contributed by atoms with Crippen LogP contribution in [0.2, 0.25) is 0 Å². The van der Waals surface area contributed by atoms with Crippen molar-refractivity contribution in [2.75, 3.05) is 4.90 Å². The number of benzene rings is 4. The molecule has 4 aromatic rings. The molecule has 146 valence electrons. The molecule has 0 bridgehead atoms. The predicted octanol–water partition coefficient (Wildman–Crippen LogP) is 5.90. The maximum atomic E-state index is 14.0. The van der Waals surface area contributed by atoms with Crippen molar-refractivity contribution in [1.82, 2.24) is 0 Å². The van der Waals surface area contributed by atoms with E-state index < -0.39 is 11.6 Å². The van der Waals surface area contributed by atoms with Crippen LogP contribution in [-0.4, -0.2) is 5.78 Å². The summed E-state index contributed by atoms with van der Waals surface area (Å²) in [5.74, 6) is -0.192. The highest BCUT2D eigenvalue weighted by atomic mass is 19.1. The van der Waals surface area contributed by atoms with E-state index in [1.807, 2.05) is 91.0 Å². The lowest BCUT2D eigenvalue weighted by atomic mass is 9.65. The Kier molecular flexibility index (Phi) is 4.44. The maximum absolute atomic E-state index is 14.0. The summed E-state index contributed by atoms with van der Waals surface area (Å²) in [6.07, 6.45) is 0. The van der Waals surface area contributed by atoms with E-state index in [1.54, 1.807) is 12.1 Å². The van der Waals surface area contributed by atoms with E-state index in [1.165, 1.54) is 12.1 Å². The van der Waals surface area contributed by atoms with Gasteiger partial charge in [-0.2, -0.15) is 0 Å². The van der Waals surface area contributed by atoms with E-state index in [2.05, 4.69) is 4.90 Å². The first-order valence-corrected chi connectivity index (χ1v) is 9.98. The van der Waals surface area contributed by atoms with Crippen molar-refractivity contribution in [3.63, 3.8) is 0 Å². The summed E-state index contributed by atoms with van der Waals surface area (Å²) < 4.78 is 13.7. The molecule has 1 unspecified atom stereocenters. The molecule has 1 aliphatic rings. The molecule has 0 amide bonds. The van der Waals surface area contributed by atoms with Crippen molar-refractivity contribution in [3.8, 4) is 0 Å². The first-order chi connectivity index (χ1) is 14.7. The van der Waals surface area contributed by atoms with Crippen molar-refractivity contribution in [1.29, 1.82) is 0 Å². The maximum Gasteiger partial charge on any atom is 0.194 e.